The fraction of sp³-hybridized carbons (Fsp3) is 0.300. The SMILES string of the molecule is COc1ccc(C(=O)N2CCC(c3nc4ccccc4[nH]3)CC2)cc1Cl. The predicted octanol–water partition coefficient (Wildman–Crippen LogP) is 4.24. The van der Waals surface area contributed by atoms with Crippen molar-refractivity contribution in [1.29, 1.82) is 0 Å². The maximum Gasteiger partial charge on any atom is 0.253 e. The predicted molar refractivity (Wildman–Crippen MR) is 102 cm³/mol. The van der Waals surface area contributed by atoms with Gasteiger partial charge in [-0.15, -0.1) is 0 Å². The molecule has 26 heavy (non-hydrogen) atoms. The van der Waals surface area contributed by atoms with Crippen LogP contribution in [0.4, 0.5) is 0 Å². The van der Waals surface area contributed by atoms with Crippen molar-refractivity contribution < 1.29 is 9.53 Å². The van der Waals surface area contributed by atoms with Gasteiger partial charge < -0.3 is 14.6 Å². The third-order valence-electron chi connectivity index (χ3n) is 4.98. The minimum Gasteiger partial charge on any atom is -0.495 e. The number of ether oxygens (including phenoxy) is 1. The number of nitrogens with one attached hydrogen (secondary N) is 1. The van der Waals surface area contributed by atoms with E-state index in [2.05, 4.69) is 4.98 Å². The Morgan fingerprint density at radius 2 is 2.00 bits per heavy atom. The molecule has 0 unspecified atom stereocenters. The summed E-state index contributed by atoms with van der Waals surface area (Å²) < 4.78 is 5.15. The summed E-state index contributed by atoms with van der Waals surface area (Å²) in [6.07, 6.45) is 1.80. The number of fused-ring (bicyclic) bond motifs is 1. The molecule has 2 heterocycles. The number of aromatic amines is 1. The number of para-hydroxylation sites is 2. The molecule has 0 atom stereocenters. The minimum atomic E-state index is 0.0117. The van der Waals surface area contributed by atoms with E-state index in [1.54, 1.807) is 25.3 Å². The summed E-state index contributed by atoms with van der Waals surface area (Å²) in [7, 11) is 1.56. The second kappa shape index (κ2) is 7.00. The summed E-state index contributed by atoms with van der Waals surface area (Å²) in [5.41, 5.74) is 2.65. The van der Waals surface area contributed by atoms with Crippen molar-refractivity contribution in [3.05, 3.63) is 58.9 Å². The van der Waals surface area contributed by atoms with Crippen molar-refractivity contribution in [2.45, 2.75) is 18.8 Å². The smallest absolute Gasteiger partial charge is 0.253 e. The molecule has 1 aromatic heterocycles. The number of H-pyrrole nitrogens is 1. The number of halogens is 1. The van der Waals surface area contributed by atoms with Gasteiger partial charge in [0.05, 0.1) is 23.2 Å². The maximum absolute atomic E-state index is 12.7. The van der Waals surface area contributed by atoms with Crippen LogP contribution in [-0.4, -0.2) is 41.0 Å². The number of amides is 1. The molecule has 5 nitrogen and oxygen atoms in total. The van der Waals surface area contributed by atoms with Gasteiger partial charge in [-0.25, -0.2) is 4.98 Å². The van der Waals surface area contributed by atoms with Crippen molar-refractivity contribution in [3.8, 4) is 5.75 Å². The van der Waals surface area contributed by atoms with E-state index in [0.717, 1.165) is 29.7 Å². The fourth-order valence-corrected chi connectivity index (χ4v) is 3.76. The summed E-state index contributed by atoms with van der Waals surface area (Å²) >= 11 is 6.15. The molecule has 1 aliphatic heterocycles. The van der Waals surface area contributed by atoms with Gasteiger partial charge in [0.2, 0.25) is 0 Å². The van der Waals surface area contributed by atoms with Gasteiger partial charge >= 0.3 is 0 Å². The summed E-state index contributed by atoms with van der Waals surface area (Å²) in [4.78, 5) is 22.7. The van der Waals surface area contributed by atoms with E-state index >= 15 is 0 Å². The van der Waals surface area contributed by atoms with Gasteiger partial charge in [0, 0.05) is 24.6 Å². The molecule has 2 aromatic carbocycles. The molecule has 4 rings (SSSR count). The zero-order valence-electron chi connectivity index (χ0n) is 14.5. The Bertz CT molecular complexity index is 912. The van der Waals surface area contributed by atoms with E-state index in [9.17, 15) is 4.79 Å². The number of likely N-dealkylation sites (tertiary alicyclic amines) is 1. The highest BCUT2D eigenvalue weighted by Crippen LogP contribution is 2.30. The Labute approximate surface area is 156 Å². The van der Waals surface area contributed by atoms with Crippen LogP contribution in [0.25, 0.3) is 11.0 Å². The first-order valence-corrected chi connectivity index (χ1v) is 9.11. The number of nitrogens with zero attached hydrogens (tertiary/aromatic N) is 2. The molecular formula is C20H20ClN3O2. The molecule has 0 spiro atoms. The average molecular weight is 370 g/mol. The lowest BCUT2D eigenvalue weighted by atomic mass is 9.95. The number of methoxy groups -OCH3 is 1. The van der Waals surface area contributed by atoms with Crippen molar-refractivity contribution in [3.63, 3.8) is 0 Å². The molecule has 134 valence electrons. The highest BCUT2D eigenvalue weighted by atomic mass is 35.5. The Hall–Kier alpha value is -2.53. The summed E-state index contributed by atoms with van der Waals surface area (Å²) in [5, 5.41) is 0.454. The normalized spacial score (nSPS) is 15.4. The number of carbonyl (C=O) groups is 1. The number of benzene rings is 2. The zero-order chi connectivity index (χ0) is 18.1. The average Bonchev–Trinajstić information content (AvgIpc) is 3.11. The van der Waals surface area contributed by atoms with Gasteiger partial charge in [-0.05, 0) is 43.2 Å². The Kier molecular flexibility index (Phi) is 4.55. The lowest BCUT2D eigenvalue weighted by Gasteiger charge is -2.31. The van der Waals surface area contributed by atoms with Crippen LogP contribution in [0.15, 0.2) is 42.5 Å². The third-order valence-corrected chi connectivity index (χ3v) is 5.27. The number of hydrogen-bond donors (Lipinski definition) is 1. The van der Waals surface area contributed by atoms with Gasteiger partial charge in [0.15, 0.2) is 0 Å². The molecular weight excluding hydrogens is 350 g/mol. The fourth-order valence-electron chi connectivity index (χ4n) is 3.50. The van der Waals surface area contributed by atoms with E-state index in [1.807, 2.05) is 29.2 Å². The summed E-state index contributed by atoms with van der Waals surface area (Å²) in [5.74, 6) is 1.96. The molecule has 1 fully saturated rings. The van der Waals surface area contributed by atoms with Crippen LogP contribution >= 0.6 is 11.6 Å². The van der Waals surface area contributed by atoms with Crippen LogP contribution in [0, 0.1) is 0 Å². The first-order chi connectivity index (χ1) is 12.7. The number of imidazole rings is 1. The molecule has 1 N–H and O–H groups in total. The molecule has 3 aromatic rings. The molecule has 1 saturated heterocycles. The summed E-state index contributed by atoms with van der Waals surface area (Å²) in [6, 6.07) is 13.2. The van der Waals surface area contributed by atoms with Gasteiger partial charge in [-0.1, -0.05) is 23.7 Å². The van der Waals surface area contributed by atoms with Crippen molar-refractivity contribution in [2.75, 3.05) is 20.2 Å². The molecule has 0 radical (unpaired) electrons. The van der Waals surface area contributed by atoms with Gasteiger partial charge in [-0.2, -0.15) is 0 Å². The number of aromatic nitrogens is 2. The minimum absolute atomic E-state index is 0.0117. The monoisotopic (exact) mass is 369 g/mol. The van der Waals surface area contributed by atoms with E-state index in [1.165, 1.54) is 0 Å². The molecule has 0 aliphatic carbocycles. The number of rotatable bonds is 3. The third kappa shape index (κ3) is 3.15. The standard InChI is InChI=1S/C20H20ClN3O2/c1-26-18-7-6-14(12-15(18)21)20(25)24-10-8-13(9-11-24)19-22-16-4-2-3-5-17(16)23-19/h2-7,12-13H,8-11H2,1H3,(H,22,23). The first kappa shape index (κ1) is 16.9. The number of carbonyl (C=O) groups excluding carboxylic acids is 1. The Morgan fingerprint density at radius 3 is 2.69 bits per heavy atom. The molecule has 0 saturated carbocycles. The van der Waals surface area contributed by atoms with E-state index in [4.69, 9.17) is 21.3 Å². The van der Waals surface area contributed by atoms with E-state index < -0.39 is 0 Å². The van der Waals surface area contributed by atoms with Crippen molar-refractivity contribution in [2.24, 2.45) is 0 Å². The van der Waals surface area contributed by atoms with Crippen LogP contribution in [-0.2, 0) is 0 Å². The number of piperidine rings is 1. The van der Waals surface area contributed by atoms with Gasteiger partial charge in [0.25, 0.3) is 5.91 Å². The van der Waals surface area contributed by atoms with Crippen LogP contribution in [0.5, 0.6) is 5.75 Å². The first-order valence-electron chi connectivity index (χ1n) is 8.73. The Morgan fingerprint density at radius 1 is 1.23 bits per heavy atom. The van der Waals surface area contributed by atoms with Crippen LogP contribution in [0.2, 0.25) is 5.02 Å². The second-order valence-corrected chi connectivity index (χ2v) is 6.96. The molecule has 0 bridgehead atoms. The molecule has 1 aliphatic rings. The Balaban J connectivity index is 1.44. The van der Waals surface area contributed by atoms with Gasteiger partial charge in [0.1, 0.15) is 11.6 Å². The molecule has 6 heteroatoms. The topological polar surface area (TPSA) is 58.2 Å². The summed E-state index contributed by atoms with van der Waals surface area (Å²) in [6.45, 7) is 1.42. The quantitative estimate of drug-likeness (QED) is 0.751. The molecule has 1 amide bonds. The highest BCUT2D eigenvalue weighted by molar-refractivity contribution is 6.32. The van der Waals surface area contributed by atoms with Crippen molar-refractivity contribution >= 4 is 28.5 Å². The van der Waals surface area contributed by atoms with Gasteiger partial charge in [-0.3, -0.25) is 4.79 Å². The zero-order valence-corrected chi connectivity index (χ0v) is 15.3. The van der Waals surface area contributed by atoms with E-state index in [-0.39, 0.29) is 5.91 Å². The largest absolute Gasteiger partial charge is 0.495 e. The number of hydrogen-bond acceptors (Lipinski definition) is 3. The van der Waals surface area contributed by atoms with Crippen LogP contribution < -0.4 is 4.74 Å². The lowest BCUT2D eigenvalue weighted by molar-refractivity contribution is 0.0711. The van der Waals surface area contributed by atoms with Crippen molar-refractivity contribution in [1.82, 2.24) is 14.9 Å². The lowest BCUT2D eigenvalue weighted by Crippen LogP contribution is -2.38. The second-order valence-electron chi connectivity index (χ2n) is 6.55. The van der Waals surface area contributed by atoms with E-state index in [0.29, 0.717) is 35.3 Å². The highest BCUT2D eigenvalue weighted by Gasteiger charge is 2.26. The maximum atomic E-state index is 12.7. The van der Waals surface area contributed by atoms with Crippen LogP contribution in [0.3, 0.4) is 0 Å². The van der Waals surface area contributed by atoms with Crippen LogP contribution in [0.1, 0.15) is 34.9 Å².